The molecule has 0 radical (unpaired) electrons. The van der Waals surface area contributed by atoms with Crippen LogP contribution in [0.1, 0.15) is 32.3 Å². The third-order valence-corrected chi connectivity index (χ3v) is 6.93. The summed E-state index contributed by atoms with van der Waals surface area (Å²) >= 11 is 9.54. The minimum Gasteiger partial charge on any atom is -0.334 e. The van der Waals surface area contributed by atoms with Gasteiger partial charge in [-0.05, 0) is 54.1 Å². The summed E-state index contributed by atoms with van der Waals surface area (Å²) < 4.78 is 0.915. The van der Waals surface area contributed by atoms with Crippen LogP contribution in [0.2, 0.25) is 5.02 Å². The zero-order valence-electron chi connectivity index (χ0n) is 18.2. The van der Waals surface area contributed by atoms with Gasteiger partial charge in [-0.3, -0.25) is 14.6 Å². The number of hydrogen-bond donors (Lipinski definition) is 0. The van der Waals surface area contributed by atoms with Gasteiger partial charge in [0.25, 0.3) is 11.8 Å². The van der Waals surface area contributed by atoms with Crippen LogP contribution in [0, 0.1) is 0 Å². The van der Waals surface area contributed by atoms with Crippen LogP contribution >= 0.6 is 27.5 Å². The molecule has 5 rings (SSSR count). The molecule has 0 N–H and O–H groups in total. The Balaban J connectivity index is 1.47. The third-order valence-electron chi connectivity index (χ3n) is 6.15. The molecule has 0 spiro atoms. The Morgan fingerprint density at radius 1 is 0.882 bits per heavy atom. The van der Waals surface area contributed by atoms with Gasteiger partial charge in [0.2, 0.25) is 0 Å². The Kier molecular flexibility index (Phi) is 6.35. The first-order chi connectivity index (χ1) is 16.5. The highest BCUT2D eigenvalue weighted by Gasteiger charge is 2.34. The van der Waals surface area contributed by atoms with E-state index < -0.39 is 0 Å². The summed E-state index contributed by atoms with van der Waals surface area (Å²) in [6.45, 7) is 1.26. The van der Waals surface area contributed by atoms with Crippen molar-refractivity contribution in [3.8, 4) is 0 Å². The number of halogens is 2. The second-order valence-electron chi connectivity index (χ2n) is 8.20. The maximum Gasteiger partial charge on any atom is 0.254 e. The molecule has 0 bridgehead atoms. The van der Waals surface area contributed by atoms with Crippen LogP contribution in [0.3, 0.4) is 0 Å². The number of amides is 2. The van der Waals surface area contributed by atoms with Crippen molar-refractivity contribution < 1.29 is 9.59 Å². The second-order valence-corrected chi connectivity index (χ2v) is 9.55. The van der Waals surface area contributed by atoms with Gasteiger partial charge in [0.15, 0.2) is 0 Å². The largest absolute Gasteiger partial charge is 0.334 e. The van der Waals surface area contributed by atoms with Gasteiger partial charge >= 0.3 is 0 Å². The molecular weight excluding hydrogens is 514 g/mol. The molecule has 1 atom stereocenters. The number of carbonyl (C=O) groups is 2. The number of pyridine rings is 1. The number of para-hydroxylation sites is 1. The molecule has 4 aromatic rings. The van der Waals surface area contributed by atoms with E-state index in [0.717, 1.165) is 20.9 Å². The molecule has 34 heavy (non-hydrogen) atoms. The van der Waals surface area contributed by atoms with E-state index in [0.29, 0.717) is 35.8 Å². The lowest BCUT2D eigenvalue weighted by molar-refractivity contribution is 0.0384. The number of piperazine rings is 1. The first kappa shape index (κ1) is 22.6. The van der Waals surface area contributed by atoms with Crippen LogP contribution in [-0.2, 0) is 0 Å². The topological polar surface area (TPSA) is 53.5 Å². The van der Waals surface area contributed by atoms with E-state index in [-0.39, 0.29) is 17.9 Å². The lowest BCUT2D eigenvalue weighted by Gasteiger charge is -2.42. The Bertz CT molecular complexity index is 1350. The van der Waals surface area contributed by atoms with E-state index in [2.05, 4.69) is 20.9 Å². The van der Waals surface area contributed by atoms with Gasteiger partial charge in [-0.1, -0.05) is 57.9 Å². The first-order valence-electron chi connectivity index (χ1n) is 11.0. The van der Waals surface area contributed by atoms with Gasteiger partial charge in [-0.25, -0.2) is 0 Å². The fourth-order valence-corrected chi connectivity index (χ4v) is 4.78. The van der Waals surface area contributed by atoms with Crippen LogP contribution in [0.5, 0.6) is 0 Å². The summed E-state index contributed by atoms with van der Waals surface area (Å²) in [5.74, 6) is -0.123. The zero-order chi connectivity index (χ0) is 23.7. The Morgan fingerprint density at radius 2 is 1.62 bits per heavy atom. The summed E-state index contributed by atoms with van der Waals surface area (Å²) in [4.78, 5) is 35.1. The lowest BCUT2D eigenvalue weighted by atomic mass is 9.99. The molecule has 0 saturated carbocycles. The monoisotopic (exact) mass is 533 g/mol. The molecule has 3 aromatic carbocycles. The Labute approximate surface area is 211 Å². The molecular formula is C27H21BrClN3O2. The molecule has 1 aliphatic rings. The zero-order valence-corrected chi connectivity index (χ0v) is 20.5. The molecule has 1 aliphatic heterocycles. The minimum absolute atomic E-state index is 0.0612. The summed E-state index contributed by atoms with van der Waals surface area (Å²) in [7, 11) is 0. The van der Waals surface area contributed by atoms with E-state index in [1.807, 2.05) is 82.6 Å². The molecule has 170 valence electrons. The Hall–Kier alpha value is -3.22. The number of carbonyl (C=O) groups excluding carboxylic acids is 2. The number of benzene rings is 3. The van der Waals surface area contributed by atoms with Crippen molar-refractivity contribution in [2.24, 2.45) is 0 Å². The number of hydrogen-bond acceptors (Lipinski definition) is 3. The highest BCUT2D eigenvalue weighted by Crippen LogP contribution is 2.30. The van der Waals surface area contributed by atoms with Gasteiger partial charge in [-0.15, -0.1) is 0 Å². The highest BCUT2D eigenvalue weighted by molar-refractivity contribution is 9.10. The second kappa shape index (κ2) is 9.57. The van der Waals surface area contributed by atoms with Crippen LogP contribution in [0.15, 0.2) is 89.5 Å². The summed E-state index contributed by atoms with van der Waals surface area (Å²) in [6.07, 6.45) is 1.67. The molecule has 2 heterocycles. The van der Waals surface area contributed by atoms with Gasteiger partial charge in [0, 0.05) is 46.3 Å². The smallest absolute Gasteiger partial charge is 0.254 e. The van der Waals surface area contributed by atoms with Crippen molar-refractivity contribution in [1.29, 1.82) is 0 Å². The fraction of sp³-hybridized carbons (Fsp3) is 0.148. The average molecular weight is 535 g/mol. The molecule has 5 nitrogen and oxygen atoms in total. The quantitative estimate of drug-likeness (QED) is 0.324. The SMILES string of the molecule is O=C(c1ccnc2ccccc12)N1CCN(C(=O)c2ccc(Br)cc2)[C@@H](c2ccc(Cl)cc2)C1. The highest BCUT2D eigenvalue weighted by atomic mass is 79.9. The normalized spacial score (nSPS) is 16.0. The minimum atomic E-state index is -0.292. The number of nitrogens with zero attached hydrogens (tertiary/aromatic N) is 3. The van der Waals surface area contributed by atoms with Crippen molar-refractivity contribution in [1.82, 2.24) is 14.8 Å². The van der Waals surface area contributed by atoms with Crippen LogP contribution < -0.4 is 0 Å². The molecule has 0 aliphatic carbocycles. The number of rotatable bonds is 3. The van der Waals surface area contributed by atoms with Crippen LogP contribution in [0.4, 0.5) is 0 Å². The van der Waals surface area contributed by atoms with E-state index >= 15 is 0 Å². The molecule has 1 fully saturated rings. The molecule has 1 aromatic heterocycles. The molecule has 1 saturated heterocycles. The van der Waals surface area contributed by atoms with Crippen molar-refractivity contribution in [3.63, 3.8) is 0 Å². The standard InChI is InChI=1S/C27H21BrClN3O2/c28-20-9-5-19(6-10-20)26(33)32-16-15-31(17-25(32)18-7-11-21(29)12-8-18)27(34)23-13-14-30-24-4-2-1-3-22(23)24/h1-14,25H,15-17H2/t25-/m1/s1. The van der Waals surface area contributed by atoms with Gasteiger partial charge in [0.1, 0.15) is 0 Å². The number of aromatic nitrogens is 1. The van der Waals surface area contributed by atoms with E-state index in [4.69, 9.17) is 11.6 Å². The van der Waals surface area contributed by atoms with Crippen molar-refractivity contribution in [2.45, 2.75) is 6.04 Å². The molecule has 2 amide bonds. The van der Waals surface area contributed by atoms with Crippen LogP contribution in [-0.4, -0.2) is 46.2 Å². The lowest BCUT2D eigenvalue weighted by Crippen LogP contribution is -2.52. The van der Waals surface area contributed by atoms with E-state index in [1.54, 1.807) is 12.3 Å². The van der Waals surface area contributed by atoms with Gasteiger partial charge in [0.05, 0.1) is 17.1 Å². The van der Waals surface area contributed by atoms with Crippen molar-refractivity contribution >= 4 is 50.2 Å². The third kappa shape index (κ3) is 4.43. The summed E-state index contributed by atoms with van der Waals surface area (Å²) in [6, 6.07) is 23.9. The van der Waals surface area contributed by atoms with Crippen LogP contribution in [0.25, 0.3) is 10.9 Å². The predicted octanol–water partition coefficient (Wildman–Crippen LogP) is 5.99. The van der Waals surface area contributed by atoms with Gasteiger partial charge in [-0.2, -0.15) is 0 Å². The first-order valence-corrected chi connectivity index (χ1v) is 12.1. The van der Waals surface area contributed by atoms with Crippen molar-refractivity contribution in [3.05, 3.63) is 111 Å². The molecule has 7 heteroatoms. The summed E-state index contributed by atoms with van der Waals surface area (Å²) in [5.41, 5.74) is 2.95. The van der Waals surface area contributed by atoms with Crippen molar-refractivity contribution in [2.75, 3.05) is 19.6 Å². The summed E-state index contributed by atoms with van der Waals surface area (Å²) in [5, 5.41) is 1.45. The molecule has 0 unspecified atom stereocenters. The van der Waals surface area contributed by atoms with E-state index in [1.165, 1.54) is 0 Å². The maximum absolute atomic E-state index is 13.6. The number of fused-ring (bicyclic) bond motifs is 1. The van der Waals surface area contributed by atoms with E-state index in [9.17, 15) is 9.59 Å². The Morgan fingerprint density at radius 3 is 2.38 bits per heavy atom. The van der Waals surface area contributed by atoms with Gasteiger partial charge < -0.3 is 9.80 Å². The fourth-order valence-electron chi connectivity index (χ4n) is 4.39. The maximum atomic E-state index is 13.6. The average Bonchev–Trinajstić information content (AvgIpc) is 2.88. The predicted molar refractivity (Wildman–Crippen MR) is 137 cm³/mol.